The standard InChI is InChI=1S/C20H20ClNO3/c21-18-11-5-4-10-17(18)12-13-20(24)25-15-19(23)22-14-6-9-16-7-2-1-3-8-16/h1-5,7-8,10-13H,6,9,14-15H2,(H,22,23)/b13-12+. The van der Waals surface area contributed by atoms with E-state index in [-0.39, 0.29) is 12.5 Å². The summed E-state index contributed by atoms with van der Waals surface area (Å²) in [5, 5.41) is 3.27. The zero-order valence-electron chi connectivity index (χ0n) is 13.8. The van der Waals surface area contributed by atoms with Crippen molar-refractivity contribution in [2.45, 2.75) is 12.8 Å². The molecule has 0 aromatic heterocycles. The summed E-state index contributed by atoms with van der Waals surface area (Å²) in [6, 6.07) is 17.2. The number of amides is 1. The number of hydrogen-bond acceptors (Lipinski definition) is 3. The molecule has 0 aliphatic heterocycles. The average Bonchev–Trinajstić information content (AvgIpc) is 2.64. The predicted molar refractivity (Wildman–Crippen MR) is 99.2 cm³/mol. The first-order valence-electron chi connectivity index (χ1n) is 8.05. The Kier molecular flexibility index (Phi) is 7.73. The zero-order valence-corrected chi connectivity index (χ0v) is 14.5. The van der Waals surface area contributed by atoms with Gasteiger partial charge in [0.15, 0.2) is 6.61 Å². The van der Waals surface area contributed by atoms with Crippen LogP contribution < -0.4 is 5.32 Å². The number of esters is 1. The number of benzene rings is 2. The Morgan fingerprint density at radius 1 is 1.04 bits per heavy atom. The second-order valence-electron chi connectivity index (χ2n) is 5.40. The van der Waals surface area contributed by atoms with Crippen LogP contribution in [0.5, 0.6) is 0 Å². The minimum atomic E-state index is -0.584. The van der Waals surface area contributed by atoms with E-state index in [0.29, 0.717) is 17.1 Å². The van der Waals surface area contributed by atoms with Crippen LogP contribution in [0.15, 0.2) is 60.7 Å². The first-order chi connectivity index (χ1) is 12.1. The number of nitrogens with one attached hydrogen (secondary N) is 1. The second-order valence-corrected chi connectivity index (χ2v) is 5.81. The number of aryl methyl sites for hydroxylation is 1. The van der Waals surface area contributed by atoms with Crippen molar-refractivity contribution >= 4 is 29.6 Å². The summed E-state index contributed by atoms with van der Waals surface area (Å²) >= 11 is 5.98. The fourth-order valence-electron chi connectivity index (χ4n) is 2.17. The highest BCUT2D eigenvalue weighted by Crippen LogP contribution is 2.16. The Labute approximate surface area is 152 Å². The van der Waals surface area contributed by atoms with E-state index < -0.39 is 5.97 Å². The van der Waals surface area contributed by atoms with Crippen LogP contribution in [-0.2, 0) is 20.7 Å². The summed E-state index contributed by atoms with van der Waals surface area (Å²) in [5.74, 6) is -0.896. The first-order valence-corrected chi connectivity index (χ1v) is 8.43. The summed E-state index contributed by atoms with van der Waals surface area (Å²) in [6.45, 7) is 0.248. The normalized spacial score (nSPS) is 10.6. The molecule has 0 aliphatic carbocycles. The van der Waals surface area contributed by atoms with Gasteiger partial charge in [0.2, 0.25) is 0 Å². The van der Waals surface area contributed by atoms with Gasteiger partial charge in [-0.05, 0) is 36.1 Å². The van der Waals surface area contributed by atoms with Gasteiger partial charge in [-0.15, -0.1) is 0 Å². The molecule has 0 fully saturated rings. The summed E-state index contributed by atoms with van der Waals surface area (Å²) in [6.07, 6.45) is 4.53. The van der Waals surface area contributed by atoms with E-state index in [1.807, 2.05) is 24.3 Å². The van der Waals surface area contributed by atoms with E-state index >= 15 is 0 Å². The summed E-state index contributed by atoms with van der Waals surface area (Å²) in [5.41, 5.74) is 1.94. The Bertz CT molecular complexity index is 729. The van der Waals surface area contributed by atoms with Crippen LogP contribution in [0.25, 0.3) is 6.08 Å². The lowest BCUT2D eigenvalue weighted by atomic mass is 10.1. The minimum absolute atomic E-state index is 0.295. The molecule has 4 nitrogen and oxygen atoms in total. The lowest BCUT2D eigenvalue weighted by Crippen LogP contribution is -2.29. The van der Waals surface area contributed by atoms with Crippen LogP contribution in [0.1, 0.15) is 17.5 Å². The smallest absolute Gasteiger partial charge is 0.331 e. The Morgan fingerprint density at radius 3 is 2.52 bits per heavy atom. The highest BCUT2D eigenvalue weighted by molar-refractivity contribution is 6.32. The van der Waals surface area contributed by atoms with Gasteiger partial charge in [-0.2, -0.15) is 0 Å². The molecule has 5 heteroatoms. The molecule has 2 rings (SSSR count). The van der Waals surface area contributed by atoms with E-state index in [9.17, 15) is 9.59 Å². The van der Waals surface area contributed by atoms with Crippen molar-refractivity contribution in [3.8, 4) is 0 Å². The van der Waals surface area contributed by atoms with Crippen LogP contribution in [0, 0.1) is 0 Å². The predicted octanol–water partition coefficient (Wildman–Crippen LogP) is 3.65. The second kappa shape index (κ2) is 10.3. The maximum atomic E-state index is 11.7. The lowest BCUT2D eigenvalue weighted by Gasteiger charge is -2.05. The Balaban J connectivity index is 1.62. The molecule has 0 saturated heterocycles. The molecule has 2 aromatic carbocycles. The van der Waals surface area contributed by atoms with E-state index in [1.165, 1.54) is 11.6 Å². The van der Waals surface area contributed by atoms with E-state index in [4.69, 9.17) is 16.3 Å². The van der Waals surface area contributed by atoms with Crippen LogP contribution in [0.4, 0.5) is 0 Å². The molecule has 25 heavy (non-hydrogen) atoms. The number of ether oxygens (including phenoxy) is 1. The van der Waals surface area contributed by atoms with Crippen molar-refractivity contribution in [3.63, 3.8) is 0 Å². The van der Waals surface area contributed by atoms with Crippen molar-refractivity contribution in [2.75, 3.05) is 13.2 Å². The third-order valence-corrected chi connectivity index (χ3v) is 3.80. The molecule has 2 aromatic rings. The molecule has 0 aliphatic rings. The fraction of sp³-hybridized carbons (Fsp3) is 0.200. The molecule has 0 atom stereocenters. The zero-order chi connectivity index (χ0) is 17.9. The van der Waals surface area contributed by atoms with Gasteiger partial charge in [-0.25, -0.2) is 4.79 Å². The fourth-order valence-corrected chi connectivity index (χ4v) is 2.37. The van der Waals surface area contributed by atoms with Gasteiger partial charge in [0.25, 0.3) is 5.91 Å². The molecule has 0 saturated carbocycles. The third-order valence-electron chi connectivity index (χ3n) is 3.46. The van der Waals surface area contributed by atoms with Crippen LogP contribution in [-0.4, -0.2) is 25.0 Å². The van der Waals surface area contributed by atoms with Gasteiger partial charge in [0.1, 0.15) is 0 Å². The number of carbonyl (C=O) groups excluding carboxylic acids is 2. The van der Waals surface area contributed by atoms with E-state index in [2.05, 4.69) is 17.4 Å². The number of halogens is 1. The molecule has 0 heterocycles. The van der Waals surface area contributed by atoms with Gasteiger partial charge in [0.05, 0.1) is 0 Å². The molecule has 0 bridgehead atoms. The number of hydrogen-bond donors (Lipinski definition) is 1. The van der Waals surface area contributed by atoms with Crippen molar-refractivity contribution in [1.82, 2.24) is 5.32 Å². The van der Waals surface area contributed by atoms with Gasteiger partial charge < -0.3 is 10.1 Å². The molecule has 1 N–H and O–H groups in total. The van der Waals surface area contributed by atoms with Crippen molar-refractivity contribution in [1.29, 1.82) is 0 Å². The summed E-state index contributed by atoms with van der Waals surface area (Å²) in [7, 11) is 0. The largest absolute Gasteiger partial charge is 0.452 e. The highest BCUT2D eigenvalue weighted by atomic mass is 35.5. The van der Waals surface area contributed by atoms with Gasteiger partial charge in [-0.3, -0.25) is 4.79 Å². The van der Waals surface area contributed by atoms with Gasteiger partial charge in [0, 0.05) is 17.6 Å². The monoisotopic (exact) mass is 357 g/mol. The Hall–Kier alpha value is -2.59. The topological polar surface area (TPSA) is 55.4 Å². The van der Waals surface area contributed by atoms with Crippen molar-refractivity contribution < 1.29 is 14.3 Å². The lowest BCUT2D eigenvalue weighted by molar-refractivity contribution is -0.143. The molecule has 0 unspecified atom stereocenters. The van der Waals surface area contributed by atoms with Gasteiger partial charge in [-0.1, -0.05) is 60.1 Å². The summed E-state index contributed by atoms with van der Waals surface area (Å²) < 4.78 is 4.90. The van der Waals surface area contributed by atoms with Crippen LogP contribution in [0.2, 0.25) is 5.02 Å². The van der Waals surface area contributed by atoms with Crippen LogP contribution >= 0.6 is 11.6 Å². The Morgan fingerprint density at radius 2 is 1.76 bits per heavy atom. The molecule has 1 amide bonds. The van der Waals surface area contributed by atoms with E-state index in [0.717, 1.165) is 12.8 Å². The van der Waals surface area contributed by atoms with Gasteiger partial charge >= 0.3 is 5.97 Å². The molecular weight excluding hydrogens is 338 g/mol. The molecule has 0 radical (unpaired) electrons. The minimum Gasteiger partial charge on any atom is -0.452 e. The highest BCUT2D eigenvalue weighted by Gasteiger charge is 2.05. The average molecular weight is 358 g/mol. The third kappa shape index (κ3) is 7.23. The SMILES string of the molecule is O=C(COC(=O)/C=C/c1ccccc1Cl)NCCCc1ccccc1. The van der Waals surface area contributed by atoms with E-state index in [1.54, 1.807) is 24.3 Å². The van der Waals surface area contributed by atoms with Crippen LogP contribution in [0.3, 0.4) is 0 Å². The maximum Gasteiger partial charge on any atom is 0.331 e. The summed E-state index contributed by atoms with van der Waals surface area (Å²) in [4.78, 5) is 23.3. The van der Waals surface area contributed by atoms with Crippen molar-refractivity contribution in [2.24, 2.45) is 0 Å². The number of rotatable bonds is 8. The van der Waals surface area contributed by atoms with Crippen molar-refractivity contribution in [3.05, 3.63) is 76.8 Å². The molecular formula is C20H20ClNO3. The number of carbonyl (C=O) groups is 2. The molecule has 130 valence electrons. The maximum absolute atomic E-state index is 11.7. The quantitative estimate of drug-likeness (QED) is 0.446. The molecule has 0 spiro atoms. The first kappa shape index (κ1) is 18.7.